The maximum atomic E-state index is 13.3. The van der Waals surface area contributed by atoms with Gasteiger partial charge in [-0.1, -0.05) is 0 Å². The molecule has 0 spiro atoms. The van der Waals surface area contributed by atoms with Gasteiger partial charge in [0.05, 0.1) is 37.9 Å². The number of hydrogen-bond donors (Lipinski definition) is 2. The molecule has 1 aromatic rings. The fraction of sp³-hybridized carbons (Fsp3) is 0.696. The van der Waals surface area contributed by atoms with Gasteiger partial charge < -0.3 is 29.5 Å². The van der Waals surface area contributed by atoms with Crippen LogP contribution in [0.5, 0.6) is 0 Å². The van der Waals surface area contributed by atoms with E-state index >= 15 is 0 Å². The van der Waals surface area contributed by atoms with E-state index in [2.05, 4.69) is 10.3 Å². The van der Waals surface area contributed by atoms with Gasteiger partial charge in [0.15, 0.2) is 0 Å². The number of carbonyl (C=O) groups is 2. The fourth-order valence-electron chi connectivity index (χ4n) is 4.75. The average molecular weight is 448 g/mol. The normalized spacial score (nSPS) is 29.5. The van der Waals surface area contributed by atoms with Crippen LogP contribution in [0.2, 0.25) is 0 Å². The second kappa shape index (κ2) is 11.2. The first-order chi connectivity index (χ1) is 15.6. The van der Waals surface area contributed by atoms with Crippen molar-refractivity contribution in [2.45, 2.75) is 63.0 Å². The maximum absolute atomic E-state index is 13.3. The number of aliphatic hydroxyl groups is 1. The van der Waals surface area contributed by atoms with Crippen molar-refractivity contribution < 1.29 is 28.9 Å². The molecule has 4 rings (SSSR count). The Balaban J connectivity index is 1.34. The number of nitrogens with one attached hydrogen (secondary N) is 1. The summed E-state index contributed by atoms with van der Waals surface area (Å²) in [6.07, 6.45) is 5.24. The lowest BCUT2D eigenvalue weighted by molar-refractivity contribution is -0.173. The molecular weight excluding hydrogens is 414 g/mol. The number of fused-ring (bicyclic) bond motifs is 1. The lowest BCUT2D eigenvalue weighted by atomic mass is 9.91. The number of aromatic nitrogens is 1. The molecule has 3 aliphatic heterocycles. The molecule has 3 saturated heterocycles. The van der Waals surface area contributed by atoms with Gasteiger partial charge in [-0.05, 0) is 43.4 Å². The van der Waals surface area contributed by atoms with E-state index in [1.54, 1.807) is 12.4 Å². The highest BCUT2D eigenvalue weighted by Crippen LogP contribution is 2.30. The van der Waals surface area contributed by atoms with Crippen molar-refractivity contribution in [3.63, 3.8) is 0 Å². The number of rotatable bonds is 5. The van der Waals surface area contributed by atoms with Gasteiger partial charge >= 0.3 is 0 Å². The number of hydrogen-bond acceptors (Lipinski definition) is 7. The van der Waals surface area contributed by atoms with Crippen LogP contribution in [0.15, 0.2) is 24.5 Å². The molecule has 0 bridgehead atoms. The highest BCUT2D eigenvalue weighted by molar-refractivity contribution is 5.79. The first kappa shape index (κ1) is 23.1. The van der Waals surface area contributed by atoms with Gasteiger partial charge in [-0.2, -0.15) is 0 Å². The molecule has 9 nitrogen and oxygen atoms in total. The Labute approximate surface area is 188 Å². The highest BCUT2D eigenvalue weighted by atomic mass is 16.5. The summed E-state index contributed by atoms with van der Waals surface area (Å²) in [5.74, 6) is -0.0717. The summed E-state index contributed by atoms with van der Waals surface area (Å²) in [7, 11) is 0. The Kier molecular flexibility index (Phi) is 8.07. The van der Waals surface area contributed by atoms with E-state index < -0.39 is 6.10 Å². The molecule has 0 radical (unpaired) electrons. The molecule has 9 heteroatoms. The molecule has 0 saturated carbocycles. The molecular formula is C23H33N3O6. The molecule has 32 heavy (non-hydrogen) atoms. The van der Waals surface area contributed by atoms with E-state index in [1.807, 2.05) is 17.0 Å². The van der Waals surface area contributed by atoms with Crippen LogP contribution >= 0.6 is 0 Å². The number of amides is 2. The lowest BCUT2D eigenvalue weighted by Gasteiger charge is -2.45. The monoisotopic (exact) mass is 447 g/mol. The van der Waals surface area contributed by atoms with Gasteiger partial charge in [0.25, 0.3) is 0 Å². The lowest BCUT2D eigenvalue weighted by Crippen LogP contribution is -2.58. The van der Waals surface area contributed by atoms with Crippen LogP contribution in [0.25, 0.3) is 0 Å². The zero-order chi connectivity index (χ0) is 22.3. The van der Waals surface area contributed by atoms with E-state index in [0.717, 1.165) is 12.0 Å². The standard InChI is InChI=1S/C23H33N3O6/c27-18-13-26(23(29)17-5-9-30-10-6-17)20-2-1-19(32-21(20)15-31-14-18)11-22(28)25-12-16-3-7-24-8-4-16/h3-4,7-8,17-21,27H,1-2,5-6,9-15H2,(H,25,28)/t18-,19+,20+,21-/m1/s1. The molecule has 176 valence electrons. The van der Waals surface area contributed by atoms with Crippen LogP contribution in [0.4, 0.5) is 0 Å². The number of carbonyl (C=O) groups excluding carboxylic acids is 2. The molecule has 1 aromatic heterocycles. The van der Waals surface area contributed by atoms with Gasteiger partial charge in [-0.3, -0.25) is 14.6 Å². The van der Waals surface area contributed by atoms with Crippen molar-refractivity contribution >= 4 is 11.8 Å². The van der Waals surface area contributed by atoms with E-state index in [9.17, 15) is 14.7 Å². The molecule has 4 heterocycles. The summed E-state index contributed by atoms with van der Waals surface area (Å²) >= 11 is 0. The first-order valence-electron chi connectivity index (χ1n) is 11.5. The Morgan fingerprint density at radius 1 is 1.09 bits per heavy atom. The number of pyridine rings is 1. The van der Waals surface area contributed by atoms with Crippen molar-refractivity contribution in [2.24, 2.45) is 5.92 Å². The van der Waals surface area contributed by atoms with Gasteiger partial charge in [-0.15, -0.1) is 0 Å². The van der Waals surface area contributed by atoms with Crippen LogP contribution in [0.3, 0.4) is 0 Å². The predicted molar refractivity (Wildman–Crippen MR) is 114 cm³/mol. The van der Waals surface area contributed by atoms with Gasteiger partial charge in [0.2, 0.25) is 11.8 Å². The van der Waals surface area contributed by atoms with Gasteiger partial charge in [-0.25, -0.2) is 0 Å². The molecule has 2 amide bonds. The fourth-order valence-corrected chi connectivity index (χ4v) is 4.75. The molecule has 0 unspecified atom stereocenters. The minimum absolute atomic E-state index is 0.0671. The van der Waals surface area contributed by atoms with Crippen LogP contribution < -0.4 is 5.32 Å². The molecule has 4 atom stereocenters. The summed E-state index contributed by atoms with van der Waals surface area (Å²) in [6.45, 7) is 2.36. The Hall–Kier alpha value is -2.07. The predicted octanol–water partition coefficient (Wildman–Crippen LogP) is 0.650. The van der Waals surface area contributed by atoms with Crippen LogP contribution in [-0.2, 0) is 30.3 Å². The Morgan fingerprint density at radius 2 is 1.88 bits per heavy atom. The largest absolute Gasteiger partial charge is 0.389 e. The van der Waals surface area contributed by atoms with E-state index in [-0.39, 0.29) is 55.6 Å². The Morgan fingerprint density at radius 3 is 2.66 bits per heavy atom. The second-order valence-electron chi connectivity index (χ2n) is 8.85. The van der Waals surface area contributed by atoms with Crippen LogP contribution in [-0.4, -0.2) is 84.1 Å². The summed E-state index contributed by atoms with van der Waals surface area (Å²) < 4.78 is 17.3. The number of β-amino-alcohol motifs (C(OH)–C–C–N with tert-alkyl or cyclic N) is 1. The maximum Gasteiger partial charge on any atom is 0.226 e. The average Bonchev–Trinajstić information content (AvgIpc) is 2.81. The molecule has 0 aromatic carbocycles. The Bertz CT molecular complexity index is 757. The van der Waals surface area contributed by atoms with Crippen molar-refractivity contribution in [3.05, 3.63) is 30.1 Å². The summed E-state index contributed by atoms with van der Waals surface area (Å²) in [5.41, 5.74) is 0.993. The SMILES string of the molecule is O=C(C[C@@H]1CC[C@H]2[C@@H](COC[C@H](O)CN2C(=O)C2CCOCC2)O1)NCc1ccncc1. The quantitative estimate of drug-likeness (QED) is 0.682. The highest BCUT2D eigenvalue weighted by Gasteiger charge is 2.41. The molecule has 0 aliphatic carbocycles. The van der Waals surface area contributed by atoms with Gasteiger partial charge in [0.1, 0.15) is 6.10 Å². The number of nitrogens with zero attached hydrogens (tertiary/aromatic N) is 2. The minimum Gasteiger partial charge on any atom is -0.389 e. The van der Waals surface area contributed by atoms with Gasteiger partial charge in [0, 0.05) is 44.6 Å². The van der Waals surface area contributed by atoms with Crippen molar-refractivity contribution in [1.82, 2.24) is 15.2 Å². The van der Waals surface area contributed by atoms with Crippen LogP contribution in [0, 0.1) is 5.92 Å². The van der Waals surface area contributed by atoms with E-state index in [0.29, 0.717) is 45.6 Å². The third-order valence-electron chi connectivity index (χ3n) is 6.49. The summed E-state index contributed by atoms with van der Waals surface area (Å²) in [5, 5.41) is 13.2. The number of aliphatic hydroxyl groups excluding tert-OH is 1. The van der Waals surface area contributed by atoms with E-state index in [4.69, 9.17) is 14.2 Å². The third-order valence-corrected chi connectivity index (χ3v) is 6.49. The molecule has 2 N–H and O–H groups in total. The first-order valence-corrected chi connectivity index (χ1v) is 11.5. The zero-order valence-corrected chi connectivity index (χ0v) is 18.4. The minimum atomic E-state index is -0.712. The summed E-state index contributed by atoms with van der Waals surface area (Å²) in [6, 6.07) is 3.58. The number of ether oxygens (including phenoxy) is 3. The zero-order valence-electron chi connectivity index (χ0n) is 18.4. The molecule has 3 aliphatic rings. The third kappa shape index (κ3) is 6.04. The van der Waals surface area contributed by atoms with E-state index in [1.165, 1.54) is 0 Å². The molecule has 3 fully saturated rings. The van der Waals surface area contributed by atoms with Crippen molar-refractivity contribution in [3.8, 4) is 0 Å². The summed E-state index contributed by atoms with van der Waals surface area (Å²) in [4.78, 5) is 31.5. The van der Waals surface area contributed by atoms with Crippen molar-refractivity contribution in [1.29, 1.82) is 0 Å². The van der Waals surface area contributed by atoms with Crippen LogP contribution in [0.1, 0.15) is 37.7 Å². The second-order valence-corrected chi connectivity index (χ2v) is 8.85. The topological polar surface area (TPSA) is 110 Å². The van der Waals surface area contributed by atoms with Crippen molar-refractivity contribution in [2.75, 3.05) is 33.0 Å². The smallest absolute Gasteiger partial charge is 0.226 e.